The molecule has 16 heavy (non-hydrogen) atoms. The Hall–Kier alpha value is -0.870. The van der Waals surface area contributed by atoms with E-state index in [0.29, 0.717) is 6.42 Å². The molecule has 3 nitrogen and oxygen atoms in total. The summed E-state index contributed by atoms with van der Waals surface area (Å²) < 4.78 is 0. The second-order valence-corrected chi connectivity index (χ2v) is 5.49. The summed E-state index contributed by atoms with van der Waals surface area (Å²) in [7, 11) is 0. The van der Waals surface area contributed by atoms with Gasteiger partial charge in [0.25, 0.3) is 0 Å². The third-order valence-corrected chi connectivity index (χ3v) is 3.89. The Bertz CT molecular complexity index is 373. The van der Waals surface area contributed by atoms with Gasteiger partial charge in [-0.2, -0.15) is 0 Å². The molecule has 1 amide bonds. The first-order valence-corrected chi connectivity index (χ1v) is 6.66. The van der Waals surface area contributed by atoms with Crippen LogP contribution in [0.15, 0.2) is 11.4 Å². The summed E-state index contributed by atoms with van der Waals surface area (Å²) in [6, 6.07) is 2.28. The molecule has 0 aromatic carbocycles. The summed E-state index contributed by atoms with van der Waals surface area (Å²) in [5.74, 6) is 0.0686. The predicted octanol–water partition coefficient (Wildman–Crippen LogP) is 1.98. The summed E-state index contributed by atoms with van der Waals surface area (Å²) in [6.45, 7) is 1.86. The molecule has 4 heteroatoms. The van der Waals surface area contributed by atoms with Crippen molar-refractivity contribution in [2.45, 2.75) is 44.7 Å². The van der Waals surface area contributed by atoms with Crippen molar-refractivity contribution in [1.29, 1.82) is 0 Å². The molecule has 0 saturated heterocycles. The lowest BCUT2D eigenvalue weighted by atomic mass is 9.94. The van der Waals surface area contributed by atoms with Crippen molar-refractivity contribution in [1.82, 2.24) is 5.32 Å². The fourth-order valence-corrected chi connectivity index (χ4v) is 3.17. The first-order valence-electron chi connectivity index (χ1n) is 5.78. The van der Waals surface area contributed by atoms with Crippen molar-refractivity contribution >= 4 is 17.2 Å². The molecule has 0 fully saturated rings. The average Bonchev–Trinajstić information content (AvgIpc) is 2.65. The maximum Gasteiger partial charge on any atom is 0.222 e. The molecule has 2 rings (SSSR count). The van der Waals surface area contributed by atoms with Gasteiger partial charge in [0, 0.05) is 17.3 Å². The molecule has 0 saturated carbocycles. The van der Waals surface area contributed by atoms with Crippen LogP contribution in [0, 0.1) is 0 Å². The number of hydrogen-bond acceptors (Lipinski definition) is 3. The van der Waals surface area contributed by atoms with Gasteiger partial charge in [-0.15, -0.1) is 11.3 Å². The highest BCUT2D eigenvalue weighted by Gasteiger charge is 2.22. The molecule has 1 heterocycles. The maximum atomic E-state index is 11.7. The first kappa shape index (κ1) is 11.6. The summed E-state index contributed by atoms with van der Waals surface area (Å²) >= 11 is 1.79. The van der Waals surface area contributed by atoms with Crippen molar-refractivity contribution in [2.24, 2.45) is 5.73 Å². The van der Waals surface area contributed by atoms with E-state index < -0.39 is 0 Å². The van der Waals surface area contributed by atoms with E-state index in [4.69, 9.17) is 5.73 Å². The molecule has 1 aliphatic carbocycles. The van der Waals surface area contributed by atoms with Crippen LogP contribution in [0.1, 0.15) is 42.7 Å². The van der Waals surface area contributed by atoms with E-state index in [2.05, 4.69) is 16.8 Å². The van der Waals surface area contributed by atoms with E-state index in [1.54, 1.807) is 11.3 Å². The van der Waals surface area contributed by atoms with E-state index in [9.17, 15) is 4.79 Å². The fraction of sp³-hybridized carbons (Fsp3) is 0.583. The number of amides is 1. The van der Waals surface area contributed by atoms with Crippen molar-refractivity contribution in [3.63, 3.8) is 0 Å². The van der Waals surface area contributed by atoms with E-state index in [1.807, 2.05) is 6.92 Å². The molecule has 0 radical (unpaired) electrons. The number of nitrogens with one attached hydrogen (secondary N) is 1. The molecule has 3 N–H and O–H groups in total. The lowest BCUT2D eigenvalue weighted by Gasteiger charge is -2.24. The lowest BCUT2D eigenvalue weighted by Crippen LogP contribution is -2.34. The number of rotatable bonds is 3. The van der Waals surface area contributed by atoms with Crippen LogP contribution in [0.3, 0.4) is 0 Å². The predicted molar refractivity (Wildman–Crippen MR) is 66.4 cm³/mol. The highest BCUT2D eigenvalue weighted by atomic mass is 32.1. The van der Waals surface area contributed by atoms with Gasteiger partial charge in [0.15, 0.2) is 0 Å². The molecular formula is C12H18N2OS. The van der Waals surface area contributed by atoms with Crippen LogP contribution in [0.2, 0.25) is 0 Å². The Morgan fingerprint density at radius 1 is 1.75 bits per heavy atom. The molecule has 2 atom stereocenters. The fourth-order valence-electron chi connectivity index (χ4n) is 2.18. The quantitative estimate of drug-likeness (QED) is 0.846. The number of hydrogen-bond donors (Lipinski definition) is 2. The van der Waals surface area contributed by atoms with Crippen LogP contribution in [-0.2, 0) is 11.2 Å². The molecule has 88 valence electrons. The third-order valence-electron chi connectivity index (χ3n) is 2.89. The van der Waals surface area contributed by atoms with Crippen LogP contribution >= 0.6 is 11.3 Å². The molecule has 0 bridgehead atoms. The summed E-state index contributed by atoms with van der Waals surface area (Å²) in [5, 5.41) is 5.19. The number of nitrogens with two attached hydrogens (primary N) is 1. The number of carbonyl (C=O) groups excluding carboxylic acids is 1. The Morgan fingerprint density at radius 3 is 3.31 bits per heavy atom. The van der Waals surface area contributed by atoms with Gasteiger partial charge >= 0.3 is 0 Å². The summed E-state index contributed by atoms with van der Waals surface area (Å²) in [6.07, 6.45) is 3.79. The summed E-state index contributed by atoms with van der Waals surface area (Å²) in [5.41, 5.74) is 6.93. The van der Waals surface area contributed by atoms with Crippen LogP contribution in [0.5, 0.6) is 0 Å². The molecule has 0 aliphatic heterocycles. The van der Waals surface area contributed by atoms with Gasteiger partial charge in [-0.1, -0.05) is 0 Å². The van der Waals surface area contributed by atoms with Gasteiger partial charge in [-0.25, -0.2) is 0 Å². The lowest BCUT2D eigenvalue weighted by molar-refractivity contribution is -0.122. The number of fused-ring (bicyclic) bond motifs is 1. The Morgan fingerprint density at radius 2 is 2.56 bits per heavy atom. The largest absolute Gasteiger partial charge is 0.349 e. The zero-order valence-electron chi connectivity index (χ0n) is 9.53. The third kappa shape index (κ3) is 2.62. The van der Waals surface area contributed by atoms with Crippen LogP contribution in [-0.4, -0.2) is 11.9 Å². The van der Waals surface area contributed by atoms with Crippen LogP contribution in [0.4, 0.5) is 0 Å². The average molecular weight is 238 g/mol. The minimum absolute atomic E-state index is 0.0643. The zero-order valence-corrected chi connectivity index (χ0v) is 10.3. The second-order valence-electron chi connectivity index (χ2n) is 4.49. The van der Waals surface area contributed by atoms with E-state index in [-0.39, 0.29) is 18.0 Å². The van der Waals surface area contributed by atoms with Gasteiger partial charge in [-0.05, 0) is 43.2 Å². The van der Waals surface area contributed by atoms with Gasteiger partial charge in [-0.3, -0.25) is 4.79 Å². The molecule has 2 unspecified atom stereocenters. The Balaban J connectivity index is 2.00. The Kier molecular flexibility index (Phi) is 3.61. The number of thiophene rings is 1. The highest BCUT2D eigenvalue weighted by molar-refractivity contribution is 7.10. The van der Waals surface area contributed by atoms with Crippen molar-refractivity contribution in [3.05, 3.63) is 21.9 Å². The van der Waals surface area contributed by atoms with E-state index in [1.165, 1.54) is 10.4 Å². The van der Waals surface area contributed by atoms with E-state index >= 15 is 0 Å². The molecule has 0 spiro atoms. The molecular weight excluding hydrogens is 220 g/mol. The maximum absolute atomic E-state index is 11.7. The number of aryl methyl sites for hydroxylation is 1. The topological polar surface area (TPSA) is 55.1 Å². The highest BCUT2D eigenvalue weighted by Crippen LogP contribution is 2.33. The van der Waals surface area contributed by atoms with Gasteiger partial charge < -0.3 is 11.1 Å². The van der Waals surface area contributed by atoms with E-state index in [0.717, 1.165) is 19.3 Å². The van der Waals surface area contributed by atoms with Crippen LogP contribution in [0.25, 0.3) is 0 Å². The zero-order chi connectivity index (χ0) is 11.5. The van der Waals surface area contributed by atoms with Gasteiger partial charge in [0.2, 0.25) is 5.91 Å². The van der Waals surface area contributed by atoms with Crippen molar-refractivity contribution in [2.75, 3.05) is 0 Å². The van der Waals surface area contributed by atoms with Crippen molar-refractivity contribution in [3.8, 4) is 0 Å². The summed E-state index contributed by atoms with van der Waals surface area (Å²) in [4.78, 5) is 13.1. The molecule has 1 aromatic heterocycles. The smallest absolute Gasteiger partial charge is 0.222 e. The van der Waals surface area contributed by atoms with Crippen molar-refractivity contribution < 1.29 is 4.79 Å². The SMILES string of the molecule is CC(N)CC(=O)NC1CCCc2sccc21. The standard InChI is InChI=1S/C12H18N2OS/c1-8(13)7-12(15)14-10-3-2-4-11-9(10)5-6-16-11/h5-6,8,10H,2-4,7,13H2,1H3,(H,14,15). The normalized spacial score (nSPS) is 21.2. The monoisotopic (exact) mass is 238 g/mol. The Labute approximate surface area is 100 Å². The minimum atomic E-state index is -0.0643. The van der Waals surface area contributed by atoms with Crippen LogP contribution < -0.4 is 11.1 Å². The van der Waals surface area contributed by atoms with Gasteiger partial charge in [0.05, 0.1) is 6.04 Å². The minimum Gasteiger partial charge on any atom is -0.349 e. The molecule has 1 aromatic rings. The van der Waals surface area contributed by atoms with Gasteiger partial charge in [0.1, 0.15) is 0 Å². The second kappa shape index (κ2) is 4.97. The molecule has 1 aliphatic rings. The number of carbonyl (C=O) groups is 1. The first-order chi connectivity index (χ1) is 7.66.